The third-order valence-corrected chi connectivity index (χ3v) is 4.49. The number of hydrogen-bond acceptors (Lipinski definition) is 4. The van der Waals surface area contributed by atoms with Gasteiger partial charge in [-0.15, -0.1) is 0 Å². The van der Waals surface area contributed by atoms with Gasteiger partial charge in [0.25, 0.3) is 0 Å². The summed E-state index contributed by atoms with van der Waals surface area (Å²) in [7, 11) is 0. The van der Waals surface area contributed by atoms with Crippen LogP contribution in [0.4, 0.5) is 0 Å². The summed E-state index contributed by atoms with van der Waals surface area (Å²) in [5, 5.41) is 20.3. The van der Waals surface area contributed by atoms with Crippen LogP contribution < -0.4 is 10.2 Å². The van der Waals surface area contributed by atoms with Crippen LogP contribution in [0.5, 0.6) is 0 Å². The van der Waals surface area contributed by atoms with Crippen LogP contribution >= 0.6 is 0 Å². The molecular weight excluding hydrogens is 556 g/mol. The SMILES string of the molecule is CCCCCCCCCCCCCCCC(=O)[O-].O=C([O-])c1ccccc1.[Ag+].[Ag+]. The standard InChI is InChI=1S/C16H32O2.C7H6O2.2Ag/c1-2-3-4-5-6-7-8-9-10-11-12-13-14-15-16(17)18;8-7(9)6-4-2-1-3-5-6;;/h2-15H2,1H3,(H,17,18);1-5H,(H,8,9);;/q;;2*+1/p-2. The molecule has 0 N–H and O–H groups in total. The van der Waals surface area contributed by atoms with Crippen molar-refractivity contribution in [2.75, 3.05) is 0 Å². The summed E-state index contributed by atoms with van der Waals surface area (Å²) in [6, 6.07) is 8.06. The maximum Gasteiger partial charge on any atom is 1.00 e. The van der Waals surface area contributed by atoms with E-state index in [4.69, 9.17) is 0 Å². The average Bonchev–Trinajstić information content (AvgIpc) is 2.66. The molecule has 0 aliphatic heterocycles. The number of carbonyl (C=O) groups excluding carboxylic acids is 2. The fourth-order valence-electron chi connectivity index (χ4n) is 2.86. The quantitative estimate of drug-likeness (QED) is 0.225. The number of carbonyl (C=O) groups is 2. The third kappa shape index (κ3) is 25.6. The average molecular weight is 592 g/mol. The fourth-order valence-corrected chi connectivity index (χ4v) is 2.86. The van der Waals surface area contributed by atoms with Gasteiger partial charge in [0.05, 0.1) is 5.97 Å². The van der Waals surface area contributed by atoms with Crippen LogP contribution in [-0.4, -0.2) is 11.9 Å². The molecule has 0 atom stereocenters. The van der Waals surface area contributed by atoms with E-state index < -0.39 is 11.9 Å². The van der Waals surface area contributed by atoms with Crippen molar-refractivity contribution in [2.45, 2.75) is 96.8 Å². The van der Waals surface area contributed by atoms with Crippen LogP contribution in [0.15, 0.2) is 30.3 Å². The zero-order chi connectivity index (χ0) is 20.2. The molecule has 1 rings (SSSR count). The summed E-state index contributed by atoms with van der Waals surface area (Å²) >= 11 is 0. The molecule has 6 heteroatoms. The van der Waals surface area contributed by atoms with Crippen molar-refractivity contribution in [1.29, 1.82) is 0 Å². The second-order valence-corrected chi connectivity index (χ2v) is 7.02. The summed E-state index contributed by atoms with van der Waals surface area (Å²) in [6.45, 7) is 2.26. The molecular formula is C23H36Ag2O4. The molecule has 0 fully saturated rings. The number of unbranched alkanes of at least 4 members (excludes halogenated alkanes) is 12. The molecule has 0 aliphatic rings. The van der Waals surface area contributed by atoms with E-state index in [0.717, 1.165) is 12.8 Å². The normalized spacial score (nSPS) is 9.41. The molecule has 0 aromatic heterocycles. The molecule has 0 heterocycles. The van der Waals surface area contributed by atoms with Crippen molar-refractivity contribution in [3.63, 3.8) is 0 Å². The maximum absolute atomic E-state index is 10.2. The van der Waals surface area contributed by atoms with Gasteiger partial charge in [-0.2, -0.15) is 0 Å². The minimum atomic E-state index is -1.13. The first-order valence-electron chi connectivity index (χ1n) is 10.5. The van der Waals surface area contributed by atoms with E-state index in [1.54, 1.807) is 18.2 Å². The molecule has 0 saturated carbocycles. The van der Waals surface area contributed by atoms with Crippen LogP contribution in [-0.2, 0) is 49.6 Å². The topological polar surface area (TPSA) is 80.3 Å². The van der Waals surface area contributed by atoms with E-state index >= 15 is 0 Å². The van der Waals surface area contributed by atoms with Crippen LogP contribution in [0, 0.1) is 0 Å². The Morgan fingerprint density at radius 2 is 1.03 bits per heavy atom. The van der Waals surface area contributed by atoms with Crippen molar-refractivity contribution in [3.05, 3.63) is 35.9 Å². The molecule has 0 spiro atoms. The monoisotopic (exact) mass is 590 g/mol. The van der Waals surface area contributed by atoms with Crippen LogP contribution in [0.1, 0.15) is 107 Å². The first-order chi connectivity index (χ1) is 13.1. The first kappa shape index (κ1) is 33.3. The van der Waals surface area contributed by atoms with Crippen molar-refractivity contribution in [2.24, 2.45) is 0 Å². The number of carboxylic acid groups (broad SMARTS) is 2. The molecule has 0 aliphatic carbocycles. The zero-order valence-electron chi connectivity index (χ0n) is 17.5. The fraction of sp³-hybridized carbons (Fsp3) is 0.652. The van der Waals surface area contributed by atoms with Gasteiger partial charge in [-0.3, -0.25) is 0 Å². The predicted octanol–water partition coefficient (Wildman–Crippen LogP) is 4.26. The molecule has 1 aromatic carbocycles. The Morgan fingerprint density at radius 1 is 0.655 bits per heavy atom. The number of aliphatic carboxylic acids is 1. The summed E-state index contributed by atoms with van der Waals surface area (Å²) in [4.78, 5) is 20.3. The number of benzene rings is 1. The number of rotatable bonds is 15. The Balaban J connectivity index is -0.000000519. The molecule has 1 aromatic rings. The van der Waals surface area contributed by atoms with Gasteiger partial charge in [0.2, 0.25) is 0 Å². The van der Waals surface area contributed by atoms with E-state index in [0.29, 0.717) is 0 Å². The van der Waals surface area contributed by atoms with Gasteiger partial charge in [0, 0.05) is 5.97 Å². The van der Waals surface area contributed by atoms with Crippen LogP contribution in [0.25, 0.3) is 0 Å². The minimum Gasteiger partial charge on any atom is -0.550 e. The van der Waals surface area contributed by atoms with E-state index in [-0.39, 0.29) is 56.7 Å². The van der Waals surface area contributed by atoms with Gasteiger partial charge < -0.3 is 19.8 Å². The van der Waals surface area contributed by atoms with E-state index in [1.807, 2.05) is 0 Å². The van der Waals surface area contributed by atoms with Crippen molar-refractivity contribution >= 4 is 11.9 Å². The minimum absolute atomic E-state index is 0. The van der Waals surface area contributed by atoms with Crippen molar-refractivity contribution < 1.29 is 64.6 Å². The molecule has 0 unspecified atom stereocenters. The molecule has 174 valence electrons. The number of carboxylic acids is 2. The molecule has 4 nitrogen and oxygen atoms in total. The molecule has 29 heavy (non-hydrogen) atoms. The Kier molecular flexibility index (Phi) is 29.5. The summed E-state index contributed by atoms with van der Waals surface area (Å²) in [5.74, 6) is -2.03. The van der Waals surface area contributed by atoms with E-state index in [1.165, 1.54) is 82.8 Å². The second-order valence-electron chi connectivity index (χ2n) is 7.02. The molecule has 0 radical (unpaired) electrons. The van der Waals surface area contributed by atoms with Crippen molar-refractivity contribution in [1.82, 2.24) is 0 Å². The van der Waals surface area contributed by atoms with Crippen LogP contribution in [0.2, 0.25) is 0 Å². The zero-order valence-corrected chi connectivity index (χ0v) is 20.5. The van der Waals surface area contributed by atoms with Gasteiger partial charge >= 0.3 is 44.8 Å². The van der Waals surface area contributed by atoms with E-state index in [9.17, 15) is 19.8 Å². The smallest absolute Gasteiger partial charge is 0.550 e. The largest absolute Gasteiger partial charge is 1.00 e. The molecule has 0 bridgehead atoms. The molecule has 0 amide bonds. The Morgan fingerprint density at radius 3 is 1.34 bits per heavy atom. The van der Waals surface area contributed by atoms with E-state index in [2.05, 4.69) is 6.92 Å². The summed E-state index contributed by atoms with van der Waals surface area (Å²) in [5.41, 5.74) is 0.220. The van der Waals surface area contributed by atoms with Crippen LogP contribution in [0.3, 0.4) is 0 Å². The predicted molar refractivity (Wildman–Crippen MR) is 106 cm³/mol. The number of aromatic carboxylic acids is 1. The summed E-state index contributed by atoms with van der Waals surface area (Å²) < 4.78 is 0. The third-order valence-electron chi connectivity index (χ3n) is 4.49. The van der Waals surface area contributed by atoms with Gasteiger partial charge in [0.1, 0.15) is 0 Å². The van der Waals surface area contributed by atoms with Gasteiger partial charge in [0.15, 0.2) is 0 Å². The number of hydrogen-bond donors (Lipinski definition) is 0. The Hall–Kier alpha value is -0.359. The summed E-state index contributed by atoms with van der Waals surface area (Å²) in [6.07, 6.45) is 16.9. The molecule has 0 saturated heterocycles. The van der Waals surface area contributed by atoms with Gasteiger partial charge in [-0.25, -0.2) is 0 Å². The van der Waals surface area contributed by atoms with Gasteiger partial charge in [-0.05, 0) is 18.4 Å². The Labute approximate surface area is 208 Å². The van der Waals surface area contributed by atoms with Crippen molar-refractivity contribution in [3.8, 4) is 0 Å². The first-order valence-corrected chi connectivity index (χ1v) is 10.5. The Bertz CT molecular complexity index is 481. The maximum atomic E-state index is 10.2. The second kappa shape index (κ2) is 25.7. The van der Waals surface area contributed by atoms with Gasteiger partial charge in [-0.1, -0.05) is 114 Å².